The smallest absolute Gasteiger partial charge is 0.416 e. The van der Waals surface area contributed by atoms with Crippen molar-refractivity contribution in [3.8, 4) is 11.5 Å². The molecule has 0 saturated heterocycles. The van der Waals surface area contributed by atoms with E-state index in [2.05, 4.69) is 26.1 Å². The maximum absolute atomic E-state index is 13.4. The summed E-state index contributed by atoms with van der Waals surface area (Å²) < 4.78 is 45.4. The molecule has 2 aliphatic rings. The van der Waals surface area contributed by atoms with Gasteiger partial charge in [0.1, 0.15) is 17.1 Å². The zero-order chi connectivity index (χ0) is 25.9. The average molecular weight is 512 g/mol. The van der Waals surface area contributed by atoms with Crippen molar-refractivity contribution in [2.75, 3.05) is 12.4 Å². The number of methoxy groups -OCH3 is 1. The van der Waals surface area contributed by atoms with Gasteiger partial charge >= 0.3 is 12.1 Å². The largest absolute Gasteiger partial charge is 0.507 e. The molecular weight excluding hydrogens is 483 g/mol. The molecule has 3 atom stereocenters. The molecule has 9 heteroatoms. The summed E-state index contributed by atoms with van der Waals surface area (Å²) in [6.07, 6.45) is -1.77. The molecule has 2 aromatic carbocycles. The van der Waals surface area contributed by atoms with Crippen LogP contribution < -0.4 is 10.1 Å². The van der Waals surface area contributed by atoms with Gasteiger partial charge in [-0.15, -0.1) is 0 Å². The molecule has 2 saturated carbocycles. The van der Waals surface area contributed by atoms with Gasteiger partial charge in [0.15, 0.2) is 0 Å². The maximum atomic E-state index is 13.4. The Balaban J connectivity index is 1.77. The van der Waals surface area contributed by atoms with Crippen molar-refractivity contribution in [1.82, 2.24) is 0 Å². The Kier molecular flexibility index (Phi) is 6.19. The summed E-state index contributed by atoms with van der Waals surface area (Å²) in [4.78, 5) is 11.8. The molecule has 3 unspecified atom stereocenters. The van der Waals surface area contributed by atoms with E-state index < -0.39 is 17.7 Å². The van der Waals surface area contributed by atoms with Crippen molar-refractivity contribution in [3.05, 3.63) is 51.5 Å². The van der Waals surface area contributed by atoms with E-state index in [9.17, 15) is 28.2 Å². The Hall–Kier alpha value is -2.61. The number of aromatic carboxylic acids is 1. The number of alkyl halides is 3. The van der Waals surface area contributed by atoms with Gasteiger partial charge < -0.3 is 20.3 Å². The summed E-state index contributed by atoms with van der Waals surface area (Å²) in [5.41, 5.74) is -0.0868. The second-order valence-corrected chi connectivity index (χ2v) is 10.8. The van der Waals surface area contributed by atoms with E-state index in [0.717, 1.165) is 31.4 Å². The first kappa shape index (κ1) is 25.5. The number of halogens is 4. The minimum Gasteiger partial charge on any atom is -0.507 e. The number of phenols is 1. The molecule has 2 aromatic rings. The highest BCUT2D eigenvalue weighted by Gasteiger charge is 2.62. The topological polar surface area (TPSA) is 78.8 Å². The van der Waals surface area contributed by atoms with E-state index in [4.69, 9.17) is 16.3 Å². The van der Waals surface area contributed by atoms with Crippen LogP contribution in [-0.2, 0) is 12.7 Å². The number of rotatable bonds is 6. The number of benzene rings is 2. The molecule has 2 bridgehead atoms. The predicted molar refractivity (Wildman–Crippen MR) is 127 cm³/mol. The van der Waals surface area contributed by atoms with Crippen molar-refractivity contribution in [2.45, 2.75) is 58.7 Å². The minimum absolute atomic E-state index is 0.00160. The van der Waals surface area contributed by atoms with E-state index in [1.807, 2.05) is 0 Å². The molecule has 2 fully saturated rings. The number of carbonyl (C=O) groups is 1. The number of carboxylic acid groups (broad SMARTS) is 1. The third-order valence-electron chi connectivity index (χ3n) is 8.71. The third-order valence-corrected chi connectivity index (χ3v) is 8.99. The molecule has 190 valence electrons. The lowest BCUT2D eigenvalue weighted by Crippen LogP contribution is -2.31. The molecule has 4 rings (SSSR count). The minimum atomic E-state index is -4.58. The monoisotopic (exact) mass is 511 g/mol. The average Bonchev–Trinajstić information content (AvgIpc) is 3.10. The van der Waals surface area contributed by atoms with Crippen LogP contribution in [0, 0.1) is 16.7 Å². The van der Waals surface area contributed by atoms with Crippen LogP contribution in [0.4, 0.5) is 18.9 Å². The highest BCUT2D eigenvalue weighted by Crippen LogP contribution is 2.72. The van der Waals surface area contributed by atoms with Crippen molar-refractivity contribution < 1.29 is 32.9 Å². The maximum Gasteiger partial charge on any atom is 0.416 e. The Morgan fingerprint density at radius 3 is 2.46 bits per heavy atom. The van der Waals surface area contributed by atoms with Crippen LogP contribution in [0.2, 0.25) is 5.02 Å². The molecule has 3 N–H and O–H groups in total. The standard InChI is InChI=1S/C26H29ClF3NO4/c1-24(2)14-7-8-25(24,3)17(10-14)20-19(6-5-16(21(20)32)23(33)34)31-12-13-9-15(26(28,29)30)11-18(27)22(13)35-4/h5-6,9,11,14,17,31-32H,7-8,10,12H2,1-4H3,(H,33,34). The van der Waals surface area contributed by atoms with E-state index in [0.29, 0.717) is 17.2 Å². The summed E-state index contributed by atoms with van der Waals surface area (Å²) in [7, 11) is 1.33. The van der Waals surface area contributed by atoms with Crippen LogP contribution in [-0.4, -0.2) is 23.3 Å². The lowest BCUT2D eigenvalue weighted by Gasteiger charge is -2.40. The zero-order valence-corrected chi connectivity index (χ0v) is 20.8. The normalized spacial score (nSPS) is 25.0. The van der Waals surface area contributed by atoms with Crippen LogP contribution in [0.1, 0.15) is 73.0 Å². The van der Waals surface area contributed by atoms with Crippen LogP contribution in [0.15, 0.2) is 24.3 Å². The fraction of sp³-hybridized carbons (Fsp3) is 0.500. The Bertz CT molecular complexity index is 1180. The highest BCUT2D eigenvalue weighted by atomic mass is 35.5. The molecular formula is C26H29ClF3NO4. The summed E-state index contributed by atoms with van der Waals surface area (Å²) in [6.45, 7) is 6.54. The fourth-order valence-corrected chi connectivity index (χ4v) is 6.61. The van der Waals surface area contributed by atoms with Crippen LogP contribution in [0.3, 0.4) is 0 Å². The molecule has 0 aliphatic heterocycles. The van der Waals surface area contributed by atoms with Gasteiger partial charge in [0.2, 0.25) is 0 Å². The molecule has 0 aromatic heterocycles. The first-order valence-electron chi connectivity index (χ1n) is 11.5. The predicted octanol–water partition coefficient (Wildman–Crippen LogP) is 7.31. The molecule has 2 aliphatic carbocycles. The van der Waals surface area contributed by atoms with Gasteiger partial charge in [-0.05, 0) is 66.2 Å². The van der Waals surface area contributed by atoms with E-state index >= 15 is 0 Å². The number of anilines is 1. The second kappa shape index (κ2) is 8.50. The zero-order valence-electron chi connectivity index (χ0n) is 20.0. The van der Waals surface area contributed by atoms with Crippen LogP contribution in [0.5, 0.6) is 11.5 Å². The van der Waals surface area contributed by atoms with Gasteiger partial charge in [0.25, 0.3) is 0 Å². The first-order valence-corrected chi connectivity index (χ1v) is 11.9. The van der Waals surface area contributed by atoms with Gasteiger partial charge in [-0.3, -0.25) is 0 Å². The van der Waals surface area contributed by atoms with Crippen molar-refractivity contribution in [3.63, 3.8) is 0 Å². The Morgan fingerprint density at radius 1 is 1.26 bits per heavy atom. The summed E-state index contributed by atoms with van der Waals surface area (Å²) in [5.74, 6) is -1.10. The molecule has 35 heavy (non-hydrogen) atoms. The molecule has 0 heterocycles. The SMILES string of the molecule is COc1c(Cl)cc(C(F)(F)F)cc1CNc1ccc(C(=O)O)c(O)c1C1CC2CCC1(C)C2(C)C. The lowest BCUT2D eigenvalue weighted by molar-refractivity contribution is -0.137. The van der Waals surface area contributed by atoms with Crippen molar-refractivity contribution in [1.29, 1.82) is 0 Å². The Morgan fingerprint density at radius 2 is 1.94 bits per heavy atom. The number of nitrogens with one attached hydrogen (secondary N) is 1. The van der Waals surface area contributed by atoms with Crippen molar-refractivity contribution >= 4 is 23.3 Å². The number of hydrogen-bond donors (Lipinski definition) is 3. The molecule has 5 nitrogen and oxygen atoms in total. The Labute approximate surface area is 207 Å². The van der Waals surface area contributed by atoms with Crippen LogP contribution in [0.25, 0.3) is 0 Å². The lowest BCUT2D eigenvalue weighted by atomic mass is 9.64. The van der Waals surface area contributed by atoms with E-state index in [1.165, 1.54) is 13.2 Å². The number of carboxylic acids is 1. The summed E-state index contributed by atoms with van der Waals surface area (Å²) >= 11 is 6.07. The highest BCUT2D eigenvalue weighted by molar-refractivity contribution is 6.32. The van der Waals surface area contributed by atoms with Gasteiger partial charge in [0.05, 0.1) is 17.7 Å². The van der Waals surface area contributed by atoms with Crippen LogP contribution >= 0.6 is 11.6 Å². The third kappa shape index (κ3) is 3.99. The molecule has 0 radical (unpaired) electrons. The van der Waals surface area contributed by atoms with Gasteiger partial charge in [0, 0.05) is 23.4 Å². The number of fused-ring (bicyclic) bond motifs is 2. The summed E-state index contributed by atoms with van der Waals surface area (Å²) in [6, 6.07) is 4.68. The van der Waals surface area contributed by atoms with Gasteiger partial charge in [-0.1, -0.05) is 32.4 Å². The number of ether oxygens (including phenoxy) is 1. The fourth-order valence-electron chi connectivity index (χ4n) is 6.29. The van der Waals surface area contributed by atoms with Gasteiger partial charge in [-0.2, -0.15) is 13.2 Å². The quantitative estimate of drug-likeness (QED) is 0.379. The van der Waals surface area contributed by atoms with E-state index in [1.54, 1.807) is 6.07 Å². The molecule has 0 spiro atoms. The summed E-state index contributed by atoms with van der Waals surface area (Å²) in [5, 5.41) is 23.7. The molecule has 0 amide bonds. The number of aromatic hydroxyl groups is 1. The first-order chi connectivity index (χ1) is 16.2. The van der Waals surface area contributed by atoms with Gasteiger partial charge in [-0.25, -0.2) is 4.79 Å². The van der Waals surface area contributed by atoms with Crippen molar-refractivity contribution in [2.24, 2.45) is 16.7 Å². The van der Waals surface area contributed by atoms with E-state index in [-0.39, 0.29) is 50.9 Å². The second-order valence-electron chi connectivity index (χ2n) is 10.4. The number of hydrogen-bond acceptors (Lipinski definition) is 4.